The largest absolute Gasteiger partial charge is 0.506 e. The second kappa shape index (κ2) is 15.3. The first kappa shape index (κ1) is 31.7. The lowest BCUT2D eigenvalue weighted by Crippen LogP contribution is -1.76. The summed E-state index contributed by atoms with van der Waals surface area (Å²) in [6.07, 6.45) is 6.67. The third kappa shape index (κ3) is 8.00. The quantitative estimate of drug-likeness (QED) is 0.145. The van der Waals surface area contributed by atoms with E-state index in [4.69, 9.17) is 0 Å². The van der Waals surface area contributed by atoms with Gasteiger partial charge in [-0.2, -0.15) is 0 Å². The minimum Gasteiger partial charge on any atom is -0.506 e. The predicted molar refractivity (Wildman–Crippen MR) is 184 cm³/mol. The molecule has 0 saturated heterocycles. The maximum atomic E-state index is 9.31. The van der Waals surface area contributed by atoms with Crippen molar-refractivity contribution in [3.05, 3.63) is 146 Å². The SMILES string of the molecule is B.Oc1cccc2cccnc12.Oc1cccc2cccnc12.Oc1cccc2cccnc12.Oc1cccc2cccnc12. The molecule has 4 aromatic carbocycles. The maximum absolute atomic E-state index is 9.31. The number of benzene rings is 4. The number of aromatic hydroxyl groups is 4. The molecule has 0 atom stereocenters. The van der Waals surface area contributed by atoms with Gasteiger partial charge in [-0.05, 0) is 48.5 Å². The van der Waals surface area contributed by atoms with Gasteiger partial charge >= 0.3 is 0 Å². The molecule has 0 aliphatic carbocycles. The predicted octanol–water partition coefficient (Wildman–Crippen LogP) is 6.58. The molecular weight excluding hydrogens is 563 g/mol. The molecule has 0 spiro atoms. The van der Waals surface area contributed by atoms with Crippen molar-refractivity contribution in [2.75, 3.05) is 0 Å². The number of hydrogen-bond acceptors (Lipinski definition) is 8. The lowest BCUT2D eigenvalue weighted by Gasteiger charge is -1.96. The van der Waals surface area contributed by atoms with Gasteiger partial charge in [-0.1, -0.05) is 72.8 Å². The highest BCUT2D eigenvalue weighted by molar-refractivity contribution is 5.85. The number of para-hydroxylation sites is 4. The van der Waals surface area contributed by atoms with E-state index >= 15 is 0 Å². The molecule has 0 aliphatic heterocycles. The van der Waals surface area contributed by atoms with Crippen molar-refractivity contribution in [3.63, 3.8) is 0 Å². The van der Waals surface area contributed by atoms with E-state index in [-0.39, 0.29) is 31.4 Å². The maximum Gasteiger partial charge on any atom is 0.141 e. The summed E-state index contributed by atoms with van der Waals surface area (Å²) in [5, 5.41) is 41.1. The second-order valence-corrected chi connectivity index (χ2v) is 9.41. The smallest absolute Gasteiger partial charge is 0.141 e. The molecule has 0 aliphatic rings. The summed E-state index contributed by atoms with van der Waals surface area (Å²) in [5.74, 6) is 0.956. The summed E-state index contributed by atoms with van der Waals surface area (Å²) in [6, 6.07) is 36.5. The van der Waals surface area contributed by atoms with Crippen molar-refractivity contribution >= 4 is 52.0 Å². The van der Waals surface area contributed by atoms with Crippen LogP contribution in [0.15, 0.2) is 146 Å². The van der Waals surface area contributed by atoms with Crippen LogP contribution in [0.4, 0.5) is 0 Å². The van der Waals surface area contributed by atoms with E-state index in [9.17, 15) is 20.4 Å². The van der Waals surface area contributed by atoms with Crippen LogP contribution in [0, 0.1) is 0 Å². The van der Waals surface area contributed by atoms with Gasteiger partial charge in [0, 0.05) is 46.3 Å². The van der Waals surface area contributed by atoms with E-state index in [0.29, 0.717) is 22.1 Å². The molecule has 9 heteroatoms. The van der Waals surface area contributed by atoms with Crippen molar-refractivity contribution < 1.29 is 20.4 Å². The van der Waals surface area contributed by atoms with Gasteiger partial charge in [-0.25, -0.2) is 0 Å². The van der Waals surface area contributed by atoms with Crippen molar-refractivity contribution in [1.82, 2.24) is 19.9 Å². The molecule has 0 amide bonds. The van der Waals surface area contributed by atoms with Gasteiger partial charge in [0.2, 0.25) is 0 Å². The van der Waals surface area contributed by atoms with Gasteiger partial charge in [0.1, 0.15) is 45.1 Å². The molecule has 45 heavy (non-hydrogen) atoms. The molecule has 0 bridgehead atoms. The number of fused-ring (bicyclic) bond motifs is 4. The van der Waals surface area contributed by atoms with Crippen molar-refractivity contribution in [2.45, 2.75) is 0 Å². The van der Waals surface area contributed by atoms with Gasteiger partial charge in [-0.15, -0.1) is 0 Å². The Morgan fingerprint density at radius 1 is 0.289 bits per heavy atom. The highest BCUT2D eigenvalue weighted by Crippen LogP contribution is 2.23. The van der Waals surface area contributed by atoms with E-state index in [1.54, 1.807) is 73.3 Å². The van der Waals surface area contributed by atoms with Gasteiger partial charge in [0.15, 0.2) is 0 Å². The average molecular weight is 594 g/mol. The Morgan fingerprint density at radius 2 is 0.489 bits per heavy atom. The van der Waals surface area contributed by atoms with Crippen LogP contribution in [0.5, 0.6) is 23.0 Å². The third-order valence-corrected chi connectivity index (χ3v) is 6.45. The van der Waals surface area contributed by atoms with Crippen molar-refractivity contribution in [1.29, 1.82) is 0 Å². The minimum absolute atomic E-state index is 0. The third-order valence-electron chi connectivity index (χ3n) is 6.45. The molecule has 0 saturated carbocycles. The Hall–Kier alpha value is -6.22. The lowest BCUT2D eigenvalue weighted by atomic mass is 10.2. The van der Waals surface area contributed by atoms with Crippen molar-refractivity contribution in [2.24, 2.45) is 0 Å². The average Bonchev–Trinajstić information content (AvgIpc) is 3.07. The van der Waals surface area contributed by atoms with Crippen LogP contribution in [-0.4, -0.2) is 48.8 Å². The Labute approximate surface area is 261 Å². The van der Waals surface area contributed by atoms with Gasteiger partial charge in [-0.3, -0.25) is 19.9 Å². The van der Waals surface area contributed by atoms with Crippen LogP contribution in [0.25, 0.3) is 43.6 Å². The van der Waals surface area contributed by atoms with Crippen LogP contribution in [-0.2, 0) is 0 Å². The topological polar surface area (TPSA) is 132 Å². The van der Waals surface area contributed by atoms with Gasteiger partial charge < -0.3 is 20.4 Å². The number of hydrogen-bond donors (Lipinski definition) is 4. The minimum atomic E-state index is 0. The summed E-state index contributed by atoms with van der Waals surface area (Å²) >= 11 is 0. The van der Waals surface area contributed by atoms with Crippen LogP contribution in [0.1, 0.15) is 0 Å². The molecular formula is C36H31BN4O4. The van der Waals surface area contributed by atoms with Gasteiger partial charge in [0.25, 0.3) is 0 Å². The summed E-state index contributed by atoms with van der Waals surface area (Å²) in [7, 11) is 0. The van der Waals surface area contributed by atoms with Gasteiger partial charge in [0.05, 0.1) is 8.41 Å². The van der Waals surface area contributed by atoms with Crippen LogP contribution in [0.2, 0.25) is 0 Å². The molecule has 8 aromatic rings. The van der Waals surface area contributed by atoms with Crippen LogP contribution < -0.4 is 0 Å². The normalized spacial score (nSPS) is 9.96. The van der Waals surface area contributed by atoms with E-state index < -0.39 is 0 Å². The highest BCUT2D eigenvalue weighted by Gasteiger charge is 1.99. The summed E-state index contributed by atoms with van der Waals surface area (Å²) < 4.78 is 0. The van der Waals surface area contributed by atoms with E-state index in [2.05, 4.69) is 19.9 Å². The Bertz CT molecular complexity index is 1830. The monoisotopic (exact) mass is 594 g/mol. The zero-order chi connectivity index (χ0) is 30.7. The molecule has 8 rings (SSSR count). The number of phenols is 4. The van der Waals surface area contributed by atoms with Crippen LogP contribution in [0.3, 0.4) is 0 Å². The highest BCUT2D eigenvalue weighted by atomic mass is 16.3. The van der Waals surface area contributed by atoms with E-state index in [1.165, 1.54) is 0 Å². The second-order valence-electron chi connectivity index (χ2n) is 9.41. The summed E-state index contributed by atoms with van der Waals surface area (Å²) in [5.41, 5.74) is 2.65. The Balaban J connectivity index is 0.000000136. The first-order chi connectivity index (χ1) is 21.5. The number of phenolic OH excluding ortho intramolecular Hbond substituents is 4. The summed E-state index contributed by atoms with van der Waals surface area (Å²) in [4.78, 5) is 16.1. The molecule has 0 unspecified atom stereocenters. The first-order valence-corrected chi connectivity index (χ1v) is 13.6. The fraction of sp³-hybridized carbons (Fsp3) is 0. The molecule has 4 heterocycles. The Morgan fingerprint density at radius 3 is 0.689 bits per heavy atom. The molecule has 0 radical (unpaired) electrons. The standard InChI is InChI=1S/4C9H7NO.BH3/c4*11-8-5-1-3-7-4-2-6-10-9(7)8;/h4*1-6,11H;1H3. The number of aromatic nitrogens is 4. The molecule has 4 N–H and O–H groups in total. The fourth-order valence-electron chi connectivity index (χ4n) is 4.35. The zero-order valence-electron chi connectivity index (χ0n) is 23.4. The molecule has 0 fully saturated rings. The number of nitrogens with zero attached hydrogens (tertiary/aromatic N) is 4. The Kier molecular flexibility index (Phi) is 10.8. The summed E-state index contributed by atoms with van der Waals surface area (Å²) in [6.45, 7) is 0. The molecule has 222 valence electrons. The van der Waals surface area contributed by atoms with Crippen molar-refractivity contribution in [3.8, 4) is 23.0 Å². The number of rotatable bonds is 0. The zero-order valence-corrected chi connectivity index (χ0v) is 23.4. The first-order valence-electron chi connectivity index (χ1n) is 13.6. The lowest BCUT2D eigenvalue weighted by molar-refractivity contribution is 0.480. The molecule has 4 aromatic heterocycles. The number of pyridine rings is 4. The van der Waals surface area contributed by atoms with E-state index in [0.717, 1.165) is 21.5 Å². The fourth-order valence-corrected chi connectivity index (χ4v) is 4.35. The van der Waals surface area contributed by atoms with Crippen LogP contribution >= 0.6 is 0 Å². The molecule has 8 nitrogen and oxygen atoms in total. The van der Waals surface area contributed by atoms with E-state index in [1.807, 2.05) is 72.8 Å².